The Balaban J connectivity index is 2.09. The summed E-state index contributed by atoms with van der Waals surface area (Å²) in [6.45, 7) is 6.82. The van der Waals surface area contributed by atoms with Crippen LogP contribution >= 0.6 is 11.3 Å². The molecule has 2 rings (SSSR count). The summed E-state index contributed by atoms with van der Waals surface area (Å²) in [6, 6.07) is 0. The maximum absolute atomic E-state index is 4.70. The summed E-state index contributed by atoms with van der Waals surface area (Å²) in [6.07, 6.45) is 3.80. The molecule has 13 heavy (non-hydrogen) atoms. The topological polar surface area (TPSA) is 12.9 Å². The number of rotatable bonds is 3. The van der Waals surface area contributed by atoms with Crippen LogP contribution in [-0.2, 0) is 11.8 Å². The Kier molecular flexibility index (Phi) is 2.18. The Morgan fingerprint density at radius 1 is 1.54 bits per heavy atom. The van der Waals surface area contributed by atoms with E-state index in [0.29, 0.717) is 5.41 Å². The number of hydrogen-bond donors (Lipinski definition) is 0. The van der Waals surface area contributed by atoms with Crippen molar-refractivity contribution < 1.29 is 0 Å². The largest absolute Gasteiger partial charge is 0.246 e. The molecule has 1 aromatic rings. The highest BCUT2D eigenvalue weighted by Gasteiger charge is 2.41. The van der Waals surface area contributed by atoms with Crippen molar-refractivity contribution in [2.45, 2.75) is 45.4 Å². The van der Waals surface area contributed by atoms with E-state index in [-0.39, 0.29) is 0 Å². The van der Waals surface area contributed by atoms with E-state index in [2.05, 4.69) is 26.2 Å². The highest BCUT2D eigenvalue weighted by atomic mass is 32.1. The van der Waals surface area contributed by atoms with Crippen molar-refractivity contribution in [1.29, 1.82) is 0 Å². The molecule has 1 fully saturated rings. The van der Waals surface area contributed by atoms with Gasteiger partial charge in [-0.3, -0.25) is 0 Å². The molecule has 2 heteroatoms. The number of thiazole rings is 1. The number of hydrogen-bond acceptors (Lipinski definition) is 2. The predicted octanol–water partition coefficient (Wildman–Crippen LogP) is 3.39. The van der Waals surface area contributed by atoms with Gasteiger partial charge < -0.3 is 0 Å². The van der Waals surface area contributed by atoms with Crippen LogP contribution in [0.5, 0.6) is 0 Å². The Hall–Kier alpha value is -0.370. The van der Waals surface area contributed by atoms with Gasteiger partial charge in [0.2, 0.25) is 0 Å². The minimum atomic E-state index is 0.450. The molecule has 0 bridgehead atoms. The highest BCUT2D eigenvalue weighted by Crippen LogP contribution is 2.47. The van der Waals surface area contributed by atoms with Crippen molar-refractivity contribution in [1.82, 2.24) is 4.98 Å². The molecule has 0 aromatic carbocycles. The highest BCUT2D eigenvalue weighted by molar-refractivity contribution is 7.09. The Labute approximate surface area is 84.2 Å². The Bertz CT molecular complexity index is 297. The third-order valence-electron chi connectivity index (χ3n) is 2.75. The molecule has 72 valence electrons. The molecule has 0 saturated heterocycles. The summed E-state index contributed by atoms with van der Waals surface area (Å²) in [5.41, 5.74) is 1.79. The SMILES string of the molecule is CC(C)Cc1nc(C2(C)CC2)cs1. The molecule has 1 aromatic heterocycles. The first kappa shape index (κ1) is 9.20. The van der Waals surface area contributed by atoms with E-state index in [4.69, 9.17) is 4.98 Å². The van der Waals surface area contributed by atoms with E-state index in [9.17, 15) is 0 Å². The molecule has 1 aliphatic carbocycles. The molecule has 1 heterocycles. The van der Waals surface area contributed by atoms with Crippen LogP contribution in [0.15, 0.2) is 5.38 Å². The van der Waals surface area contributed by atoms with E-state index >= 15 is 0 Å². The third kappa shape index (κ3) is 1.93. The van der Waals surface area contributed by atoms with Gasteiger partial charge in [-0.1, -0.05) is 20.8 Å². The van der Waals surface area contributed by atoms with Gasteiger partial charge in [0, 0.05) is 17.2 Å². The minimum Gasteiger partial charge on any atom is -0.246 e. The van der Waals surface area contributed by atoms with Gasteiger partial charge in [-0.25, -0.2) is 4.98 Å². The molecular formula is C11H17NS. The zero-order valence-corrected chi connectivity index (χ0v) is 9.45. The fourth-order valence-corrected chi connectivity index (χ4v) is 2.64. The van der Waals surface area contributed by atoms with Crippen LogP contribution in [0.25, 0.3) is 0 Å². The van der Waals surface area contributed by atoms with Crippen molar-refractivity contribution in [3.05, 3.63) is 16.1 Å². The van der Waals surface area contributed by atoms with Gasteiger partial charge in [0.15, 0.2) is 0 Å². The van der Waals surface area contributed by atoms with E-state index in [1.165, 1.54) is 23.5 Å². The fraction of sp³-hybridized carbons (Fsp3) is 0.727. The van der Waals surface area contributed by atoms with E-state index in [0.717, 1.165) is 12.3 Å². The van der Waals surface area contributed by atoms with Crippen molar-refractivity contribution in [3.8, 4) is 0 Å². The van der Waals surface area contributed by atoms with E-state index in [1.54, 1.807) is 0 Å². The third-order valence-corrected chi connectivity index (χ3v) is 3.62. The van der Waals surface area contributed by atoms with Gasteiger partial charge in [-0.2, -0.15) is 0 Å². The lowest BCUT2D eigenvalue weighted by Gasteiger charge is -2.02. The minimum absolute atomic E-state index is 0.450. The van der Waals surface area contributed by atoms with Gasteiger partial charge in [-0.05, 0) is 18.8 Å². The second-order valence-corrected chi connectivity index (χ2v) is 5.73. The zero-order valence-electron chi connectivity index (χ0n) is 8.63. The lowest BCUT2D eigenvalue weighted by molar-refractivity contribution is 0.638. The fourth-order valence-electron chi connectivity index (χ4n) is 1.47. The molecule has 0 N–H and O–H groups in total. The monoisotopic (exact) mass is 195 g/mol. The molecule has 0 aliphatic heterocycles. The summed E-state index contributed by atoms with van der Waals surface area (Å²) in [5, 5.41) is 3.57. The summed E-state index contributed by atoms with van der Waals surface area (Å²) < 4.78 is 0. The first-order valence-electron chi connectivity index (χ1n) is 5.05. The van der Waals surface area contributed by atoms with Crippen molar-refractivity contribution >= 4 is 11.3 Å². The maximum Gasteiger partial charge on any atom is 0.0931 e. The van der Waals surface area contributed by atoms with Gasteiger partial charge in [-0.15, -0.1) is 11.3 Å². The molecule has 0 atom stereocenters. The van der Waals surface area contributed by atoms with Gasteiger partial charge in [0.1, 0.15) is 0 Å². The van der Waals surface area contributed by atoms with Crippen LogP contribution in [-0.4, -0.2) is 4.98 Å². The second-order valence-electron chi connectivity index (χ2n) is 4.79. The number of nitrogens with zero attached hydrogens (tertiary/aromatic N) is 1. The second kappa shape index (κ2) is 3.09. The summed E-state index contributed by atoms with van der Waals surface area (Å²) in [5.74, 6) is 0.728. The Morgan fingerprint density at radius 2 is 2.23 bits per heavy atom. The number of aromatic nitrogens is 1. The normalized spacial score (nSPS) is 19.4. The average Bonchev–Trinajstić information content (AvgIpc) is 2.62. The van der Waals surface area contributed by atoms with Crippen molar-refractivity contribution in [3.63, 3.8) is 0 Å². The summed E-state index contributed by atoms with van der Waals surface area (Å²) >= 11 is 1.83. The lowest BCUT2D eigenvalue weighted by Crippen LogP contribution is -2.01. The predicted molar refractivity (Wildman–Crippen MR) is 57.2 cm³/mol. The zero-order chi connectivity index (χ0) is 9.47. The van der Waals surface area contributed by atoms with Gasteiger partial charge in [0.05, 0.1) is 10.7 Å². The molecular weight excluding hydrogens is 178 g/mol. The van der Waals surface area contributed by atoms with E-state index < -0.39 is 0 Å². The quantitative estimate of drug-likeness (QED) is 0.720. The average molecular weight is 195 g/mol. The van der Waals surface area contributed by atoms with Gasteiger partial charge >= 0.3 is 0 Å². The summed E-state index contributed by atoms with van der Waals surface area (Å²) in [7, 11) is 0. The van der Waals surface area contributed by atoms with E-state index in [1.807, 2.05) is 11.3 Å². The smallest absolute Gasteiger partial charge is 0.0931 e. The first-order chi connectivity index (χ1) is 6.10. The maximum atomic E-state index is 4.70. The molecule has 0 unspecified atom stereocenters. The van der Waals surface area contributed by atoms with Crippen LogP contribution in [0.1, 0.15) is 44.3 Å². The molecule has 0 radical (unpaired) electrons. The van der Waals surface area contributed by atoms with Crippen molar-refractivity contribution in [2.24, 2.45) is 5.92 Å². The molecule has 1 nitrogen and oxygen atoms in total. The molecule has 0 amide bonds. The van der Waals surface area contributed by atoms with Crippen LogP contribution in [0.3, 0.4) is 0 Å². The van der Waals surface area contributed by atoms with Crippen molar-refractivity contribution in [2.75, 3.05) is 0 Å². The standard InChI is InChI=1S/C11H17NS/c1-8(2)6-10-12-9(7-13-10)11(3)4-5-11/h7-8H,4-6H2,1-3H3. The molecule has 0 spiro atoms. The van der Waals surface area contributed by atoms with Crippen LogP contribution < -0.4 is 0 Å². The lowest BCUT2D eigenvalue weighted by atomic mass is 10.1. The molecule has 1 aliphatic rings. The van der Waals surface area contributed by atoms with Crippen LogP contribution in [0.4, 0.5) is 0 Å². The Morgan fingerprint density at radius 3 is 2.77 bits per heavy atom. The molecule has 1 saturated carbocycles. The van der Waals surface area contributed by atoms with Crippen LogP contribution in [0, 0.1) is 5.92 Å². The summed E-state index contributed by atoms with van der Waals surface area (Å²) in [4.78, 5) is 4.70. The van der Waals surface area contributed by atoms with Crippen LogP contribution in [0.2, 0.25) is 0 Å². The first-order valence-corrected chi connectivity index (χ1v) is 5.93. The van der Waals surface area contributed by atoms with Gasteiger partial charge in [0.25, 0.3) is 0 Å².